The van der Waals surface area contributed by atoms with Gasteiger partial charge in [0.25, 0.3) is 0 Å². The number of rotatable bonds is 1. The third-order valence-corrected chi connectivity index (χ3v) is 2.88. The van der Waals surface area contributed by atoms with Crippen molar-refractivity contribution in [3.63, 3.8) is 0 Å². The number of H-pyrrole nitrogens is 1. The molecule has 0 aliphatic carbocycles. The Kier molecular flexibility index (Phi) is 1.63. The Labute approximate surface area is 85.1 Å². The maximum atomic E-state index is 4.02. The van der Waals surface area contributed by atoms with Crippen LogP contribution in [0.1, 0.15) is 0 Å². The quantitative estimate of drug-likeness (QED) is 0.697. The van der Waals surface area contributed by atoms with Crippen molar-refractivity contribution in [3.05, 3.63) is 36.0 Å². The summed E-state index contributed by atoms with van der Waals surface area (Å²) in [4.78, 5) is 0. The van der Waals surface area contributed by atoms with E-state index in [1.54, 1.807) is 11.9 Å². The summed E-state index contributed by atoms with van der Waals surface area (Å²) in [5.41, 5.74) is 5.30. The van der Waals surface area contributed by atoms with Crippen molar-refractivity contribution in [3.8, 4) is 0 Å². The van der Waals surface area contributed by atoms with Gasteiger partial charge in [0.2, 0.25) is 0 Å². The molecule has 1 aliphatic rings. The standard InChI is InChI=1S/C9H8N4S/c1-2-8-7(6-10-12-8)9(3-1)13-11-4-5-14-13/h1-6,11H,(H,10,12). The highest BCUT2D eigenvalue weighted by Crippen LogP contribution is 2.30. The Morgan fingerprint density at radius 2 is 2.36 bits per heavy atom. The van der Waals surface area contributed by atoms with E-state index in [1.165, 1.54) is 0 Å². The molecule has 0 spiro atoms. The number of nitrogens with one attached hydrogen (secondary N) is 2. The van der Waals surface area contributed by atoms with Crippen LogP contribution in [0.2, 0.25) is 0 Å². The van der Waals surface area contributed by atoms with Gasteiger partial charge in [0.05, 0.1) is 17.4 Å². The first kappa shape index (κ1) is 7.75. The lowest BCUT2D eigenvalue weighted by atomic mass is 10.2. The van der Waals surface area contributed by atoms with Crippen molar-refractivity contribution in [2.75, 3.05) is 4.41 Å². The van der Waals surface area contributed by atoms with Crippen LogP contribution in [0.25, 0.3) is 10.9 Å². The Hall–Kier alpha value is -1.62. The van der Waals surface area contributed by atoms with Crippen molar-refractivity contribution < 1.29 is 0 Å². The minimum absolute atomic E-state index is 1.05. The normalized spacial score (nSPS) is 15.0. The number of aromatic amines is 1. The topological polar surface area (TPSA) is 44.0 Å². The maximum Gasteiger partial charge on any atom is 0.0814 e. The molecule has 0 amide bonds. The summed E-state index contributed by atoms with van der Waals surface area (Å²) in [6.45, 7) is 0. The number of fused-ring (bicyclic) bond motifs is 1. The molecule has 0 atom stereocenters. The Balaban J connectivity index is 2.15. The Morgan fingerprint density at radius 3 is 3.21 bits per heavy atom. The zero-order valence-electron chi connectivity index (χ0n) is 7.27. The van der Waals surface area contributed by atoms with Crippen molar-refractivity contribution in [2.24, 2.45) is 0 Å². The number of hydrazine groups is 1. The average Bonchev–Trinajstić information content (AvgIpc) is 2.88. The molecule has 3 rings (SSSR count). The van der Waals surface area contributed by atoms with Crippen LogP contribution in [0.4, 0.5) is 5.69 Å². The minimum Gasteiger partial charge on any atom is -0.295 e. The number of hydrogen-bond acceptors (Lipinski definition) is 4. The summed E-state index contributed by atoms with van der Waals surface area (Å²) in [6.07, 6.45) is 3.74. The van der Waals surface area contributed by atoms with Crippen LogP contribution in [0.15, 0.2) is 36.0 Å². The van der Waals surface area contributed by atoms with Crippen LogP contribution < -0.4 is 9.84 Å². The molecule has 4 nitrogen and oxygen atoms in total. The predicted molar refractivity (Wildman–Crippen MR) is 58.4 cm³/mol. The van der Waals surface area contributed by atoms with Gasteiger partial charge in [-0.15, -0.1) is 0 Å². The summed E-state index contributed by atoms with van der Waals surface area (Å²) in [6, 6.07) is 6.08. The third kappa shape index (κ3) is 1.06. The summed E-state index contributed by atoms with van der Waals surface area (Å²) in [7, 11) is 0. The minimum atomic E-state index is 1.05. The molecule has 0 fully saturated rings. The van der Waals surface area contributed by atoms with E-state index in [1.807, 2.05) is 34.4 Å². The third-order valence-electron chi connectivity index (χ3n) is 2.11. The van der Waals surface area contributed by atoms with Crippen molar-refractivity contribution in [1.29, 1.82) is 0 Å². The molecule has 70 valence electrons. The lowest BCUT2D eigenvalue weighted by Gasteiger charge is -2.16. The van der Waals surface area contributed by atoms with Gasteiger partial charge < -0.3 is 0 Å². The van der Waals surface area contributed by atoms with Crippen LogP contribution >= 0.6 is 11.9 Å². The fraction of sp³-hybridized carbons (Fsp3) is 0. The molecule has 2 N–H and O–H groups in total. The molecule has 1 aromatic carbocycles. The second kappa shape index (κ2) is 2.95. The fourth-order valence-electron chi connectivity index (χ4n) is 1.48. The monoisotopic (exact) mass is 204 g/mol. The van der Waals surface area contributed by atoms with Crippen molar-refractivity contribution >= 4 is 28.5 Å². The van der Waals surface area contributed by atoms with Gasteiger partial charge in [-0.3, -0.25) is 10.5 Å². The van der Waals surface area contributed by atoms with Crippen LogP contribution in [-0.4, -0.2) is 10.2 Å². The van der Waals surface area contributed by atoms with Gasteiger partial charge in [0.1, 0.15) is 0 Å². The van der Waals surface area contributed by atoms with Gasteiger partial charge in [-0.2, -0.15) is 5.10 Å². The lowest BCUT2D eigenvalue weighted by molar-refractivity contribution is 0.986. The first-order chi connectivity index (χ1) is 6.95. The first-order valence-corrected chi connectivity index (χ1v) is 5.09. The zero-order valence-corrected chi connectivity index (χ0v) is 8.08. The molecule has 0 saturated carbocycles. The smallest absolute Gasteiger partial charge is 0.0814 e. The molecule has 2 aromatic rings. The van der Waals surface area contributed by atoms with Gasteiger partial charge in [-0.25, -0.2) is 4.41 Å². The SMILES string of the molecule is C1=CSN(c2cccc3[nH]ncc23)N1. The molecule has 1 aliphatic heterocycles. The first-order valence-electron chi connectivity index (χ1n) is 4.25. The second-order valence-electron chi connectivity index (χ2n) is 2.94. The van der Waals surface area contributed by atoms with Crippen molar-refractivity contribution in [2.45, 2.75) is 0 Å². The number of benzene rings is 1. The van der Waals surface area contributed by atoms with Gasteiger partial charge in [0, 0.05) is 28.9 Å². The Bertz CT molecular complexity index is 482. The van der Waals surface area contributed by atoms with E-state index >= 15 is 0 Å². The molecule has 0 unspecified atom stereocenters. The molecule has 2 heterocycles. The van der Waals surface area contributed by atoms with Gasteiger partial charge in [0.15, 0.2) is 0 Å². The van der Waals surface area contributed by atoms with E-state index in [-0.39, 0.29) is 0 Å². The molecular formula is C9H8N4S. The van der Waals surface area contributed by atoms with Crippen LogP contribution in [-0.2, 0) is 0 Å². The number of hydrogen-bond donors (Lipinski definition) is 2. The van der Waals surface area contributed by atoms with E-state index in [0.29, 0.717) is 0 Å². The maximum absolute atomic E-state index is 4.02. The molecule has 14 heavy (non-hydrogen) atoms. The lowest BCUT2D eigenvalue weighted by Crippen LogP contribution is -2.22. The predicted octanol–water partition coefficient (Wildman–Crippen LogP) is 2.01. The second-order valence-corrected chi connectivity index (χ2v) is 3.79. The van der Waals surface area contributed by atoms with E-state index < -0.39 is 0 Å². The van der Waals surface area contributed by atoms with Gasteiger partial charge in [-0.1, -0.05) is 6.07 Å². The molecular weight excluding hydrogens is 196 g/mol. The van der Waals surface area contributed by atoms with Crippen molar-refractivity contribution in [1.82, 2.24) is 15.6 Å². The number of anilines is 1. The molecule has 0 saturated heterocycles. The molecule has 5 heteroatoms. The van der Waals surface area contributed by atoms with E-state index in [9.17, 15) is 0 Å². The van der Waals surface area contributed by atoms with E-state index in [4.69, 9.17) is 0 Å². The molecule has 1 aromatic heterocycles. The van der Waals surface area contributed by atoms with E-state index in [2.05, 4.69) is 21.7 Å². The summed E-state index contributed by atoms with van der Waals surface area (Å²) in [5.74, 6) is 0. The number of nitrogens with zero attached hydrogens (tertiary/aromatic N) is 2. The Morgan fingerprint density at radius 1 is 1.36 bits per heavy atom. The largest absolute Gasteiger partial charge is 0.295 e. The number of aromatic nitrogens is 2. The molecule has 0 radical (unpaired) electrons. The average molecular weight is 204 g/mol. The highest BCUT2D eigenvalue weighted by Gasteiger charge is 2.12. The fourth-order valence-corrected chi connectivity index (χ4v) is 2.11. The van der Waals surface area contributed by atoms with E-state index in [0.717, 1.165) is 16.6 Å². The van der Waals surface area contributed by atoms with Crippen LogP contribution in [0.3, 0.4) is 0 Å². The summed E-state index contributed by atoms with van der Waals surface area (Å²) in [5, 5.41) is 10.1. The highest BCUT2D eigenvalue weighted by atomic mass is 32.2. The zero-order chi connectivity index (χ0) is 9.38. The van der Waals surface area contributed by atoms with Gasteiger partial charge in [-0.05, 0) is 12.1 Å². The van der Waals surface area contributed by atoms with Crippen LogP contribution in [0.5, 0.6) is 0 Å². The van der Waals surface area contributed by atoms with Crippen LogP contribution in [0, 0.1) is 0 Å². The summed E-state index contributed by atoms with van der Waals surface area (Å²) < 4.78 is 2.00. The molecule has 0 bridgehead atoms. The van der Waals surface area contributed by atoms with Gasteiger partial charge >= 0.3 is 0 Å². The highest BCUT2D eigenvalue weighted by molar-refractivity contribution is 8.03. The summed E-state index contributed by atoms with van der Waals surface area (Å²) >= 11 is 1.61.